The first kappa shape index (κ1) is 60.5. The Balaban J connectivity index is 4.05. The van der Waals surface area contributed by atoms with Gasteiger partial charge in [-0.25, -0.2) is 0 Å². The highest BCUT2D eigenvalue weighted by atomic mass is 31.2. The summed E-state index contributed by atoms with van der Waals surface area (Å²) in [4.78, 5) is 25.2. The Hall–Kier alpha value is -0.500. The van der Waals surface area contributed by atoms with E-state index >= 15 is 0 Å². The quantitative estimate of drug-likeness (QED) is 0.0260. The maximum Gasteiger partial charge on any atom is 0.306 e. The van der Waals surface area contributed by atoms with Crippen LogP contribution in [0.4, 0.5) is 0 Å². The van der Waals surface area contributed by atoms with Crippen molar-refractivity contribution in [1.29, 1.82) is 0 Å². The molecule has 0 aliphatic rings. The largest absolute Gasteiger partial charge is 0.756 e. The predicted molar refractivity (Wildman–Crippen MR) is 259 cm³/mol. The van der Waals surface area contributed by atoms with Crippen LogP contribution in [-0.4, -0.2) is 70.7 Å². The summed E-state index contributed by atoms with van der Waals surface area (Å²) in [6.45, 7) is 5.50. The summed E-state index contributed by atoms with van der Waals surface area (Å²) in [6, 6.07) is 0. The fourth-order valence-electron chi connectivity index (χ4n) is 8.02. The predicted octanol–water partition coefficient (Wildman–Crippen LogP) is 15.8. The first-order valence-electron chi connectivity index (χ1n) is 26.8. The molecule has 0 amide bonds. The van der Waals surface area contributed by atoms with E-state index in [0.717, 1.165) is 32.1 Å². The van der Waals surface area contributed by atoms with Gasteiger partial charge in [0.1, 0.15) is 19.3 Å². The molecule has 0 rings (SSSR count). The van der Waals surface area contributed by atoms with Crippen LogP contribution < -0.4 is 4.89 Å². The van der Waals surface area contributed by atoms with E-state index in [-0.39, 0.29) is 25.8 Å². The maximum atomic E-state index is 12.7. The smallest absolute Gasteiger partial charge is 0.306 e. The number of phosphoric acid groups is 1. The first-order chi connectivity index (χ1) is 29.6. The van der Waals surface area contributed by atoms with Crippen LogP contribution in [0.2, 0.25) is 0 Å². The fraction of sp³-hybridized carbons (Fsp3) is 0.981. The molecule has 366 valence electrons. The summed E-state index contributed by atoms with van der Waals surface area (Å²) in [5.74, 6) is -0.325. The Morgan fingerprint density at radius 2 is 0.754 bits per heavy atom. The highest BCUT2D eigenvalue weighted by Gasteiger charge is 2.20. The number of nitrogens with zero attached hydrogens (tertiary/aromatic N) is 1. The molecule has 0 bridgehead atoms. The molecule has 0 N–H and O–H groups in total. The number of rotatable bonds is 51. The van der Waals surface area contributed by atoms with Crippen molar-refractivity contribution in [2.45, 2.75) is 277 Å². The van der Waals surface area contributed by atoms with Gasteiger partial charge in [0.25, 0.3) is 7.82 Å². The number of quaternary nitrogens is 1. The average Bonchev–Trinajstić information content (AvgIpc) is 3.22. The number of carbonyl (C=O) groups is 1. The SMILES string of the molecule is CCCCCCCCCCCCCCCCCCCCCCCOCC(COP(=O)([O-])OCC[N+](C)(C)C)OC(=O)CCCCCCCCCCCCCCCCCCCC. The van der Waals surface area contributed by atoms with E-state index in [1.54, 1.807) is 0 Å². The number of ether oxygens (including phenoxy) is 2. The molecule has 0 aromatic carbocycles. The van der Waals surface area contributed by atoms with Gasteiger partial charge in [-0.1, -0.05) is 251 Å². The summed E-state index contributed by atoms with van der Waals surface area (Å²) in [5.41, 5.74) is 0. The minimum Gasteiger partial charge on any atom is -0.756 e. The lowest BCUT2D eigenvalue weighted by Crippen LogP contribution is -2.37. The van der Waals surface area contributed by atoms with E-state index in [2.05, 4.69) is 13.8 Å². The number of likely N-dealkylation sites (N-methyl/N-ethyl adjacent to an activating group) is 1. The molecule has 0 fully saturated rings. The monoisotopic (exact) mass is 888 g/mol. The normalized spacial score (nSPS) is 13.5. The molecular weight excluding hydrogens is 782 g/mol. The summed E-state index contributed by atoms with van der Waals surface area (Å²) < 4.78 is 34.8. The Morgan fingerprint density at radius 1 is 0.443 bits per heavy atom. The van der Waals surface area contributed by atoms with Gasteiger partial charge in [0.15, 0.2) is 0 Å². The molecule has 2 unspecified atom stereocenters. The van der Waals surface area contributed by atoms with E-state index in [0.29, 0.717) is 24.1 Å². The molecule has 0 aliphatic heterocycles. The Morgan fingerprint density at radius 3 is 1.08 bits per heavy atom. The topological polar surface area (TPSA) is 94.1 Å². The molecule has 61 heavy (non-hydrogen) atoms. The van der Waals surface area contributed by atoms with Crippen molar-refractivity contribution in [2.75, 3.05) is 54.1 Å². The second-order valence-electron chi connectivity index (χ2n) is 19.6. The van der Waals surface area contributed by atoms with Gasteiger partial charge in [0.05, 0.1) is 34.4 Å². The molecule has 0 aromatic rings. The van der Waals surface area contributed by atoms with Crippen molar-refractivity contribution in [2.24, 2.45) is 0 Å². The van der Waals surface area contributed by atoms with Gasteiger partial charge in [-0.3, -0.25) is 9.36 Å². The molecule has 0 saturated heterocycles. The summed E-state index contributed by atoms with van der Waals surface area (Å²) in [5, 5.41) is 0. The second kappa shape index (κ2) is 46.0. The van der Waals surface area contributed by atoms with Crippen LogP contribution in [0.1, 0.15) is 271 Å². The molecule has 8 nitrogen and oxygen atoms in total. The van der Waals surface area contributed by atoms with Crippen molar-refractivity contribution in [3.05, 3.63) is 0 Å². The third kappa shape index (κ3) is 50.4. The van der Waals surface area contributed by atoms with E-state index in [1.165, 1.54) is 218 Å². The molecule has 0 radical (unpaired) electrons. The molecule has 0 saturated carbocycles. The van der Waals surface area contributed by atoms with Crippen LogP contribution in [0.15, 0.2) is 0 Å². The molecule has 0 heterocycles. The van der Waals surface area contributed by atoms with E-state index < -0.39 is 13.9 Å². The lowest BCUT2D eigenvalue weighted by atomic mass is 10.0. The van der Waals surface area contributed by atoms with Crippen molar-refractivity contribution < 1.29 is 37.3 Å². The Bertz CT molecular complexity index is 945. The van der Waals surface area contributed by atoms with E-state index in [4.69, 9.17) is 18.5 Å². The highest BCUT2D eigenvalue weighted by Crippen LogP contribution is 2.38. The standard InChI is InChI=1S/C52H106NO7P/c1-6-8-10-12-14-16-18-20-22-24-26-27-28-30-32-34-36-38-40-42-44-47-57-49-51(50-59-61(55,56)58-48-46-53(3,4)5)60-52(54)45-43-41-39-37-35-33-31-29-25-23-21-19-17-15-13-11-9-7-2/h51H,6-50H2,1-5H3. The second-order valence-corrected chi connectivity index (χ2v) is 21.0. The van der Waals surface area contributed by atoms with Gasteiger partial charge >= 0.3 is 5.97 Å². The zero-order valence-corrected chi connectivity index (χ0v) is 42.5. The maximum absolute atomic E-state index is 12.7. The number of hydrogen-bond donors (Lipinski definition) is 0. The van der Waals surface area contributed by atoms with Crippen molar-refractivity contribution >= 4 is 13.8 Å². The molecule has 2 atom stereocenters. The highest BCUT2D eigenvalue weighted by molar-refractivity contribution is 7.45. The first-order valence-corrected chi connectivity index (χ1v) is 28.2. The van der Waals surface area contributed by atoms with Crippen molar-refractivity contribution in [3.63, 3.8) is 0 Å². The summed E-state index contributed by atoms with van der Waals surface area (Å²) >= 11 is 0. The van der Waals surface area contributed by atoms with E-state index in [9.17, 15) is 14.3 Å². The molecular formula is C52H106NO7P. The zero-order valence-electron chi connectivity index (χ0n) is 41.6. The third-order valence-electron chi connectivity index (χ3n) is 12.2. The lowest BCUT2D eigenvalue weighted by molar-refractivity contribution is -0.870. The van der Waals surface area contributed by atoms with Gasteiger partial charge in [-0.2, -0.15) is 0 Å². The Labute approximate surface area is 380 Å². The van der Waals surface area contributed by atoms with Gasteiger partial charge < -0.3 is 27.9 Å². The summed E-state index contributed by atoms with van der Waals surface area (Å²) in [7, 11) is 1.38. The minimum atomic E-state index is -4.52. The molecule has 0 aliphatic carbocycles. The summed E-state index contributed by atoms with van der Waals surface area (Å²) in [6.07, 6.45) is 51.3. The third-order valence-corrected chi connectivity index (χ3v) is 13.1. The fourth-order valence-corrected chi connectivity index (χ4v) is 8.75. The lowest BCUT2D eigenvalue weighted by Gasteiger charge is -2.28. The van der Waals surface area contributed by atoms with Crippen molar-refractivity contribution in [1.82, 2.24) is 0 Å². The van der Waals surface area contributed by atoms with Gasteiger partial charge in [-0.15, -0.1) is 0 Å². The number of unbranched alkanes of at least 4 members (excludes halogenated alkanes) is 37. The van der Waals surface area contributed by atoms with Gasteiger partial charge in [0, 0.05) is 13.0 Å². The Kier molecular flexibility index (Phi) is 45.7. The average molecular weight is 888 g/mol. The minimum absolute atomic E-state index is 0.0318. The zero-order chi connectivity index (χ0) is 44.8. The molecule has 0 aromatic heterocycles. The van der Waals surface area contributed by atoms with Crippen LogP contribution in [-0.2, 0) is 27.9 Å². The molecule has 0 spiro atoms. The number of carbonyl (C=O) groups excluding carboxylic acids is 1. The van der Waals surface area contributed by atoms with Crippen LogP contribution in [0.25, 0.3) is 0 Å². The van der Waals surface area contributed by atoms with Crippen LogP contribution in [0, 0.1) is 0 Å². The number of esters is 1. The van der Waals surface area contributed by atoms with Gasteiger partial charge in [0.2, 0.25) is 0 Å². The van der Waals surface area contributed by atoms with Crippen LogP contribution in [0.5, 0.6) is 0 Å². The van der Waals surface area contributed by atoms with Gasteiger partial charge in [-0.05, 0) is 12.8 Å². The van der Waals surface area contributed by atoms with E-state index in [1.807, 2.05) is 21.1 Å². The number of phosphoric ester groups is 1. The number of hydrogen-bond acceptors (Lipinski definition) is 7. The van der Waals surface area contributed by atoms with Crippen LogP contribution in [0.3, 0.4) is 0 Å². The molecule has 9 heteroatoms. The van der Waals surface area contributed by atoms with Crippen LogP contribution >= 0.6 is 7.82 Å². The van der Waals surface area contributed by atoms with Crippen molar-refractivity contribution in [3.8, 4) is 0 Å².